The molecule has 0 radical (unpaired) electrons. The van der Waals surface area contributed by atoms with E-state index in [2.05, 4.69) is 0 Å². The zero-order valence-corrected chi connectivity index (χ0v) is 15.5. The third-order valence-electron chi connectivity index (χ3n) is 3.62. The summed E-state index contributed by atoms with van der Waals surface area (Å²) in [6.45, 7) is 4.07. The van der Waals surface area contributed by atoms with Gasteiger partial charge in [-0.25, -0.2) is 8.42 Å². The Bertz CT molecular complexity index is 683. The summed E-state index contributed by atoms with van der Waals surface area (Å²) in [6.07, 6.45) is 0. The number of nitrogens with zero attached hydrogens (tertiary/aromatic N) is 2. The standard InChI is InChI=1S/C16H24N2O6S/c1-4-18(5-2)25(22,23)14-8-6-13(7-9-14)16(21)17(10-11-24-3)12-15(19)20/h6-9H,4-5,10-12H2,1-3H3,(H,19,20). The maximum absolute atomic E-state index is 12.4. The van der Waals surface area contributed by atoms with E-state index in [9.17, 15) is 18.0 Å². The highest BCUT2D eigenvalue weighted by atomic mass is 32.2. The number of carbonyl (C=O) groups excluding carboxylic acids is 1. The number of methoxy groups -OCH3 is 1. The molecule has 1 aromatic carbocycles. The molecular weight excluding hydrogens is 348 g/mol. The van der Waals surface area contributed by atoms with Crippen molar-refractivity contribution >= 4 is 21.9 Å². The molecule has 9 heteroatoms. The Hall–Kier alpha value is -1.97. The molecule has 140 valence electrons. The fourth-order valence-corrected chi connectivity index (χ4v) is 3.74. The molecule has 0 aliphatic rings. The minimum atomic E-state index is -3.60. The number of amides is 1. The van der Waals surface area contributed by atoms with Gasteiger partial charge in [-0.2, -0.15) is 4.31 Å². The SMILES string of the molecule is CCN(CC)S(=O)(=O)c1ccc(C(=O)N(CCOC)CC(=O)O)cc1. The van der Waals surface area contributed by atoms with E-state index in [1.54, 1.807) is 13.8 Å². The number of benzene rings is 1. The Morgan fingerprint density at radius 3 is 2.12 bits per heavy atom. The van der Waals surface area contributed by atoms with Crippen LogP contribution in [0.4, 0.5) is 0 Å². The van der Waals surface area contributed by atoms with Crippen molar-refractivity contribution < 1.29 is 27.9 Å². The summed E-state index contributed by atoms with van der Waals surface area (Å²) in [5.41, 5.74) is 0.218. The van der Waals surface area contributed by atoms with E-state index in [0.29, 0.717) is 13.1 Å². The van der Waals surface area contributed by atoms with Gasteiger partial charge < -0.3 is 14.7 Å². The lowest BCUT2D eigenvalue weighted by molar-refractivity contribution is -0.137. The van der Waals surface area contributed by atoms with Gasteiger partial charge in [0, 0.05) is 32.3 Å². The maximum Gasteiger partial charge on any atom is 0.323 e. The summed E-state index contributed by atoms with van der Waals surface area (Å²) in [7, 11) is -2.15. The molecule has 0 saturated carbocycles. The molecule has 0 atom stereocenters. The summed E-state index contributed by atoms with van der Waals surface area (Å²) >= 11 is 0. The minimum absolute atomic E-state index is 0.0921. The van der Waals surface area contributed by atoms with E-state index in [1.807, 2.05) is 0 Å². The Morgan fingerprint density at radius 2 is 1.68 bits per heavy atom. The number of carboxylic acids is 1. The summed E-state index contributed by atoms with van der Waals surface area (Å²) in [5, 5.41) is 8.93. The van der Waals surface area contributed by atoms with Crippen LogP contribution in [-0.2, 0) is 19.6 Å². The number of carboxylic acid groups (broad SMARTS) is 1. The fraction of sp³-hybridized carbons (Fsp3) is 0.500. The van der Waals surface area contributed by atoms with E-state index in [1.165, 1.54) is 35.7 Å². The van der Waals surface area contributed by atoms with Crippen LogP contribution in [0, 0.1) is 0 Å². The first-order valence-corrected chi connectivity index (χ1v) is 9.32. The summed E-state index contributed by atoms with van der Waals surface area (Å²) < 4.78 is 31.1. The van der Waals surface area contributed by atoms with E-state index in [-0.39, 0.29) is 23.6 Å². The highest BCUT2D eigenvalue weighted by Gasteiger charge is 2.23. The van der Waals surface area contributed by atoms with Crippen LogP contribution in [-0.4, -0.2) is 74.5 Å². The van der Waals surface area contributed by atoms with Crippen molar-refractivity contribution in [2.45, 2.75) is 18.7 Å². The highest BCUT2D eigenvalue weighted by molar-refractivity contribution is 7.89. The summed E-state index contributed by atoms with van der Waals surface area (Å²) in [5.74, 6) is -1.63. The van der Waals surface area contributed by atoms with Crippen LogP contribution in [0.2, 0.25) is 0 Å². The maximum atomic E-state index is 12.4. The Morgan fingerprint density at radius 1 is 1.12 bits per heavy atom. The van der Waals surface area contributed by atoms with Crippen molar-refractivity contribution in [2.24, 2.45) is 0 Å². The molecule has 0 unspecified atom stereocenters. The molecule has 0 spiro atoms. The monoisotopic (exact) mass is 372 g/mol. The van der Waals surface area contributed by atoms with Gasteiger partial charge >= 0.3 is 5.97 Å². The van der Waals surface area contributed by atoms with Gasteiger partial charge in [-0.3, -0.25) is 9.59 Å². The second-order valence-electron chi connectivity index (χ2n) is 5.23. The zero-order valence-electron chi connectivity index (χ0n) is 14.6. The van der Waals surface area contributed by atoms with Gasteiger partial charge in [-0.1, -0.05) is 13.8 Å². The Balaban J connectivity index is 3.03. The highest BCUT2D eigenvalue weighted by Crippen LogP contribution is 2.17. The molecule has 25 heavy (non-hydrogen) atoms. The quantitative estimate of drug-likeness (QED) is 0.654. The first kappa shape index (κ1) is 21.1. The molecule has 1 aromatic rings. The van der Waals surface area contributed by atoms with Gasteiger partial charge in [-0.05, 0) is 24.3 Å². The zero-order chi connectivity index (χ0) is 19.0. The second kappa shape index (κ2) is 9.50. The Labute approximate surface area is 148 Å². The number of ether oxygens (including phenoxy) is 1. The minimum Gasteiger partial charge on any atom is -0.480 e. The van der Waals surface area contributed by atoms with Crippen molar-refractivity contribution in [3.8, 4) is 0 Å². The van der Waals surface area contributed by atoms with Gasteiger partial charge in [-0.15, -0.1) is 0 Å². The number of aliphatic carboxylic acids is 1. The molecule has 0 aliphatic carbocycles. The predicted octanol–water partition coefficient (Wildman–Crippen LogP) is 0.890. The molecule has 0 bridgehead atoms. The molecular formula is C16H24N2O6S. The lowest BCUT2D eigenvalue weighted by Gasteiger charge is -2.21. The van der Waals surface area contributed by atoms with Crippen LogP contribution < -0.4 is 0 Å². The second-order valence-corrected chi connectivity index (χ2v) is 7.16. The van der Waals surface area contributed by atoms with Crippen molar-refractivity contribution in [1.82, 2.24) is 9.21 Å². The van der Waals surface area contributed by atoms with Crippen molar-refractivity contribution in [1.29, 1.82) is 0 Å². The van der Waals surface area contributed by atoms with Crippen LogP contribution in [0.5, 0.6) is 0 Å². The third-order valence-corrected chi connectivity index (χ3v) is 5.69. The Kier molecular flexibility index (Phi) is 8.01. The first-order chi connectivity index (χ1) is 11.8. The van der Waals surface area contributed by atoms with Crippen LogP contribution in [0.25, 0.3) is 0 Å². The number of sulfonamides is 1. The smallest absolute Gasteiger partial charge is 0.323 e. The van der Waals surface area contributed by atoms with E-state index in [0.717, 1.165) is 4.90 Å². The van der Waals surface area contributed by atoms with Gasteiger partial charge in [0.25, 0.3) is 5.91 Å². The topological polar surface area (TPSA) is 104 Å². The van der Waals surface area contributed by atoms with Crippen molar-refractivity contribution in [3.63, 3.8) is 0 Å². The molecule has 8 nitrogen and oxygen atoms in total. The molecule has 0 aromatic heterocycles. The van der Waals surface area contributed by atoms with Crippen LogP contribution in [0.1, 0.15) is 24.2 Å². The largest absolute Gasteiger partial charge is 0.480 e. The lowest BCUT2D eigenvalue weighted by Crippen LogP contribution is -2.38. The summed E-state index contributed by atoms with van der Waals surface area (Å²) in [4.78, 5) is 24.6. The number of rotatable bonds is 10. The van der Waals surface area contributed by atoms with Gasteiger partial charge in [0.2, 0.25) is 10.0 Å². The normalized spacial score (nSPS) is 11.5. The van der Waals surface area contributed by atoms with E-state index >= 15 is 0 Å². The molecule has 0 heterocycles. The number of hydrogen-bond donors (Lipinski definition) is 1. The number of hydrogen-bond acceptors (Lipinski definition) is 5. The molecule has 0 fully saturated rings. The van der Waals surface area contributed by atoms with E-state index in [4.69, 9.17) is 9.84 Å². The predicted molar refractivity (Wildman–Crippen MR) is 92.0 cm³/mol. The summed E-state index contributed by atoms with van der Waals surface area (Å²) in [6, 6.07) is 5.49. The first-order valence-electron chi connectivity index (χ1n) is 7.88. The van der Waals surface area contributed by atoms with Crippen LogP contribution >= 0.6 is 0 Å². The average Bonchev–Trinajstić information content (AvgIpc) is 2.58. The van der Waals surface area contributed by atoms with Crippen molar-refractivity contribution in [3.05, 3.63) is 29.8 Å². The van der Waals surface area contributed by atoms with Crippen molar-refractivity contribution in [2.75, 3.05) is 39.9 Å². The fourth-order valence-electron chi connectivity index (χ4n) is 2.28. The van der Waals surface area contributed by atoms with Gasteiger partial charge in [0.15, 0.2) is 0 Å². The molecule has 1 N–H and O–H groups in total. The molecule has 0 aliphatic heterocycles. The lowest BCUT2D eigenvalue weighted by atomic mass is 10.2. The molecule has 1 amide bonds. The van der Waals surface area contributed by atoms with Gasteiger partial charge in [0.1, 0.15) is 6.54 Å². The molecule has 1 rings (SSSR count). The average molecular weight is 372 g/mol. The van der Waals surface area contributed by atoms with Gasteiger partial charge in [0.05, 0.1) is 11.5 Å². The van der Waals surface area contributed by atoms with E-state index < -0.39 is 28.4 Å². The molecule has 0 saturated heterocycles. The number of carbonyl (C=O) groups is 2. The van der Waals surface area contributed by atoms with Crippen LogP contribution in [0.3, 0.4) is 0 Å². The van der Waals surface area contributed by atoms with Crippen LogP contribution in [0.15, 0.2) is 29.2 Å². The third kappa shape index (κ3) is 5.52.